The van der Waals surface area contributed by atoms with Gasteiger partial charge in [-0.25, -0.2) is 0 Å². The lowest BCUT2D eigenvalue weighted by Crippen LogP contribution is -2.40. The van der Waals surface area contributed by atoms with Crippen LogP contribution >= 0.6 is 0 Å². The van der Waals surface area contributed by atoms with E-state index in [0.717, 1.165) is 12.0 Å². The van der Waals surface area contributed by atoms with Crippen LogP contribution in [0.4, 0.5) is 0 Å². The number of aliphatic carboxylic acids is 1. The highest BCUT2D eigenvalue weighted by molar-refractivity contribution is 6.01. The number of rotatable bonds is 8. The summed E-state index contributed by atoms with van der Waals surface area (Å²) >= 11 is 0. The maximum absolute atomic E-state index is 12.4. The average molecular weight is 277 g/mol. The van der Waals surface area contributed by atoms with E-state index in [0.29, 0.717) is 18.0 Å². The SMILES string of the molecule is CCc1ccc(C(=O)C(CC(=O)O)NCC(C)C)cc1. The first-order valence-electron chi connectivity index (χ1n) is 7.02. The third kappa shape index (κ3) is 5.13. The van der Waals surface area contributed by atoms with Crippen LogP contribution in [-0.2, 0) is 11.2 Å². The van der Waals surface area contributed by atoms with Crippen molar-refractivity contribution in [3.05, 3.63) is 35.4 Å². The van der Waals surface area contributed by atoms with Gasteiger partial charge in [0.1, 0.15) is 0 Å². The highest BCUT2D eigenvalue weighted by atomic mass is 16.4. The topological polar surface area (TPSA) is 66.4 Å². The fourth-order valence-electron chi connectivity index (χ4n) is 1.92. The summed E-state index contributed by atoms with van der Waals surface area (Å²) in [5.74, 6) is -0.762. The molecule has 1 aromatic rings. The Morgan fingerprint density at radius 1 is 1.20 bits per heavy atom. The van der Waals surface area contributed by atoms with Crippen LogP contribution in [0.5, 0.6) is 0 Å². The molecule has 0 fully saturated rings. The standard InChI is InChI=1S/C16H23NO3/c1-4-12-5-7-13(8-6-12)16(20)14(9-15(18)19)17-10-11(2)3/h5-8,11,14,17H,4,9-10H2,1-3H3,(H,18,19). The van der Waals surface area contributed by atoms with Crippen LogP contribution in [0, 0.1) is 5.92 Å². The second-order valence-corrected chi connectivity index (χ2v) is 5.37. The van der Waals surface area contributed by atoms with Crippen molar-refractivity contribution in [3.8, 4) is 0 Å². The molecular weight excluding hydrogens is 254 g/mol. The van der Waals surface area contributed by atoms with Crippen LogP contribution in [0.1, 0.15) is 43.1 Å². The Bertz CT molecular complexity index is 451. The number of hydrogen-bond donors (Lipinski definition) is 2. The molecule has 0 heterocycles. The van der Waals surface area contributed by atoms with E-state index in [2.05, 4.69) is 5.32 Å². The molecule has 1 aromatic carbocycles. The first kappa shape index (κ1) is 16.4. The Hall–Kier alpha value is -1.68. The van der Waals surface area contributed by atoms with Gasteiger partial charge in [0.2, 0.25) is 0 Å². The molecule has 0 aliphatic rings. The molecule has 0 radical (unpaired) electrons. The molecule has 4 nitrogen and oxygen atoms in total. The fourth-order valence-corrected chi connectivity index (χ4v) is 1.92. The molecule has 0 spiro atoms. The number of Topliss-reactive ketones (excluding diaryl/α,β-unsaturated/α-hetero) is 1. The minimum Gasteiger partial charge on any atom is -0.481 e. The molecule has 0 aromatic heterocycles. The van der Waals surface area contributed by atoms with Crippen LogP contribution in [0.25, 0.3) is 0 Å². The quantitative estimate of drug-likeness (QED) is 0.717. The summed E-state index contributed by atoms with van der Waals surface area (Å²) in [6.07, 6.45) is 0.722. The molecule has 110 valence electrons. The van der Waals surface area contributed by atoms with Crippen molar-refractivity contribution in [1.82, 2.24) is 5.32 Å². The van der Waals surface area contributed by atoms with E-state index in [1.165, 1.54) is 0 Å². The van der Waals surface area contributed by atoms with E-state index < -0.39 is 12.0 Å². The summed E-state index contributed by atoms with van der Waals surface area (Å²) in [6, 6.07) is 6.70. The molecule has 2 N–H and O–H groups in total. The molecule has 0 saturated carbocycles. The van der Waals surface area contributed by atoms with Gasteiger partial charge in [0, 0.05) is 5.56 Å². The fraction of sp³-hybridized carbons (Fsp3) is 0.500. The smallest absolute Gasteiger partial charge is 0.305 e. The van der Waals surface area contributed by atoms with E-state index in [4.69, 9.17) is 5.11 Å². The molecular formula is C16H23NO3. The van der Waals surface area contributed by atoms with Crippen LogP contribution in [0.2, 0.25) is 0 Å². The number of carbonyl (C=O) groups excluding carboxylic acids is 1. The lowest BCUT2D eigenvalue weighted by atomic mass is 9.99. The molecule has 0 saturated heterocycles. The number of carboxylic acid groups (broad SMARTS) is 1. The van der Waals surface area contributed by atoms with Gasteiger partial charge in [-0.1, -0.05) is 45.0 Å². The average Bonchev–Trinajstić information content (AvgIpc) is 2.42. The minimum atomic E-state index is -0.968. The Morgan fingerprint density at radius 3 is 2.25 bits per heavy atom. The predicted octanol–water partition coefficient (Wildman–Crippen LogP) is 2.52. The minimum absolute atomic E-state index is 0.157. The number of benzene rings is 1. The van der Waals surface area contributed by atoms with Gasteiger partial charge in [-0.3, -0.25) is 9.59 Å². The summed E-state index contributed by atoms with van der Waals surface area (Å²) in [6.45, 7) is 6.71. The number of aryl methyl sites for hydroxylation is 1. The Balaban J connectivity index is 2.81. The summed E-state index contributed by atoms with van der Waals surface area (Å²) in [5, 5.41) is 12.0. The van der Waals surface area contributed by atoms with E-state index in [1.807, 2.05) is 32.9 Å². The summed E-state index contributed by atoms with van der Waals surface area (Å²) in [4.78, 5) is 23.3. The zero-order valence-electron chi connectivity index (χ0n) is 12.3. The third-order valence-corrected chi connectivity index (χ3v) is 3.11. The van der Waals surface area contributed by atoms with Crippen LogP contribution in [-0.4, -0.2) is 29.4 Å². The Morgan fingerprint density at radius 2 is 1.80 bits per heavy atom. The molecule has 0 bridgehead atoms. The van der Waals surface area contributed by atoms with Crippen molar-refractivity contribution in [1.29, 1.82) is 0 Å². The van der Waals surface area contributed by atoms with E-state index >= 15 is 0 Å². The number of carboxylic acids is 1. The van der Waals surface area contributed by atoms with E-state index in [-0.39, 0.29) is 12.2 Å². The van der Waals surface area contributed by atoms with Gasteiger partial charge >= 0.3 is 5.97 Å². The highest BCUT2D eigenvalue weighted by Gasteiger charge is 2.22. The van der Waals surface area contributed by atoms with Gasteiger partial charge in [-0.2, -0.15) is 0 Å². The van der Waals surface area contributed by atoms with Crippen molar-refractivity contribution < 1.29 is 14.7 Å². The van der Waals surface area contributed by atoms with E-state index in [9.17, 15) is 9.59 Å². The molecule has 4 heteroatoms. The lowest BCUT2D eigenvalue weighted by molar-refractivity contribution is -0.137. The number of nitrogens with one attached hydrogen (secondary N) is 1. The molecule has 1 atom stereocenters. The van der Waals surface area contributed by atoms with Crippen molar-refractivity contribution >= 4 is 11.8 Å². The van der Waals surface area contributed by atoms with Crippen molar-refractivity contribution in [2.75, 3.05) is 6.54 Å². The van der Waals surface area contributed by atoms with E-state index in [1.54, 1.807) is 12.1 Å². The first-order valence-corrected chi connectivity index (χ1v) is 7.02. The highest BCUT2D eigenvalue weighted by Crippen LogP contribution is 2.10. The normalized spacial score (nSPS) is 12.4. The second-order valence-electron chi connectivity index (χ2n) is 5.37. The van der Waals surface area contributed by atoms with Gasteiger partial charge in [-0.05, 0) is 24.4 Å². The molecule has 20 heavy (non-hydrogen) atoms. The maximum atomic E-state index is 12.4. The lowest BCUT2D eigenvalue weighted by Gasteiger charge is -2.17. The van der Waals surface area contributed by atoms with Gasteiger partial charge < -0.3 is 10.4 Å². The second kappa shape index (κ2) is 7.80. The molecule has 1 rings (SSSR count). The summed E-state index contributed by atoms with van der Waals surface area (Å²) in [5.41, 5.74) is 1.72. The van der Waals surface area contributed by atoms with Gasteiger partial charge in [0.15, 0.2) is 5.78 Å². The third-order valence-electron chi connectivity index (χ3n) is 3.11. The first-order chi connectivity index (χ1) is 9.43. The Kier molecular flexibility index (Phi) is 6.39. The van der Waals surface area contributed by atoms with Crippen LogP contribution in [0.3, 0.4) is 0 Å². The summed E-state index contributed by atoms with van der Waals surface area (Å²) in [7, 11) is 0. The summed E-state index contributed by atoms with van der Waals surface area (Å²) < 4.78 is 0. The maximum Gasteiger partial charge on any atom is 0.305 e. The van der Waals surface area contributed by atoms with Gasteiger partial charge in [-0.15, -0.1) is 0 Å². The monoisotopic (exact) mass is 277 g/mol. The zero-order valence-corrected chi connectivity index (χ0v) is 12.3. The van der Waals surface area contributed by atoms with Crippen LogP contribution in [0.15, 0.2) is 24.3 Å². The zero-order chi connectivity index (χ0) is 15.1. The largest absolute Gasteiger partial charge is 0.481 e. The van der Waals surface area contributed by atoms with Crippen molar-refractivity contribution in [2.45, 2.75) is 39.7 Å². The molecule has 0 aliphatic heterocycles. The van der Waals surface area contributed by atoms with Crippen molar-refractivity contribution in [3.63, 3.8) is 0 Å². The van der Waals surface area contributed by atoms with Gasteiger partial charge in [0.05, 0.1) is 12.5 Å². The van der Waals surface area contributed by atoms with Gasteiger partial charge in [0.25, 0.3) is 0 Å². The number of hydrogen-bond acceptors (Lipinski definition) is 3. The molecule has 0 amide bonds. The molecule has 1 unspecified atom stereocenters. The van der Waals surface area contributed by atoms with Crippen LogP contribution < -0.4 is 5.32 Å². The molecule has 0 aliphatic carbocycles. The van der Waals surface area contributed by atoms with Crippen molar-refractivity contribution in [2.24, 2.45) is 5.92 Å². The number of ketones is 1. The predicted molar refractivity (Wildman–Crippen MR) is 79.0 cm³/mol. The number of carbonyl (C=O) groups is 2. The Labute approximate surface area is 120 Å².